The molecule has 1 amide bonds. The van der Waals surface area contributed by atoms with Crippen LogP contribution in [-0.2, 0) is 18.4 Å². The maximum absolute atomic E-state index is 12.1. The zero-order valence-corrected chi connectivity index (χ0v) is 14.9. The van der Waals surface area contributed by atoms with Gasteiger partial charge in [0.2, 0.25) is 11.8 Å². The van der Waals surface area contributed by atoms with Gasteiger partial charge in [-0.3, -0.25) is 14.4 Å². The SMILES string of the molecule is Cc1cc(NC(=O)CN[C@@H]2CCCN(Cc3noc(C)n3)C2)n(C)n1. The fourth-order valence-electron chi connectivity index (χ4n) is 3.12. The van der Waals surface area contributed by atoms with E-state index in [4.69, 9.17) is 4.52 Å². The molecule has 3 heterocycles. The molecular formula is C16H25N7O2. The van der Waals surface area contributed by atoms with Gasteiger partial charge < -0.3 is 15.2 Å². The van der Waals surface area contributed by atoms with Crippen LogP contribution in [0.25, 0.3) is 0 Å². The van der Waals surface area contributed by atoms with Crippen LogP contribution in [0, 0.1) is 13.8 Å². The van der Waals surface area contributed by atoms with Crippen molar-refractivity contribution < 1.29 is 9.32 Å². The van der Waals surface area contributed by atoms with Crippen LogP contribution in [0.3, 0.4) is 0 Å². The third-order valence-electron chi connectivity index (χ3n) is 4.26. The Morgan fingerprint density at radius 2 is 2.28 bits per heavy atom. The largest absolute Gasteiger partial charge is 0.340 e. The van der Waals surface area contributed by atoms with Crippen molar-refractivity contribution in [1.29, 1.82) is 0 Å². The summed E-state index contributed by atoms with van der Waals surface area (Å²) < 4.78 is 6.69. The molecule has 1 fully saturated rings. The second-order valence-electron chi connectivity index (χ2n) is 6.53. The molecule has 2 aromatic heterocycles. The quantitative estimate of drug-likeness (QED) is 0.789. The number of hydrogen-bond donors (Lipinski definition) is 2. The number of hydrogen-bond acceptors (Lipinski definition) is 7. The van der Waals surface area contributed by atoms with E-state index in [1.807, 2.05) is 20.0 Å². The molecular weight excluding hydrogens is 322 g/mol. The molecule has 1 aliphatic heterocycles. The second-order valence-corrected chi connectivity index (χ2v) is 6.53. The van der Waals surface area contributed by atoms with E-state index < -0.39 is 0 Å². The predicted molar refractivity (Wildman–Crippen MR) is 91.9 cm³/mol. The van der Waals surface area contributed by atoms with Crippen LogP contribution in [0.2, 0.25) is 0 Å². The van der Waals surface area contributed by atoms with Gasteiger partial charge in [0.25, 0.3) is 0 Å². The summed E-state index contributed by atoms with van der Waals surface area (Å²) in [6.45, 7) is 6.52. The van der Waals surface area contributed by atoms with E-state index in [1.165, 1.54) is 0 Å². The highest BCUT2D eigenvalue weighted by molar-refractivity contribution is 5.91. The van der Waals surface area contributed by atoms with Crippen LogP contribution in [0.4, 0.5) is 5.82 Å². The van der Waals surface area contributed by atoms with Crippen LogP contribution in [-0.4, -0.2) is 56.4 Å². The molecule has 2 N–H and O–H groups in total. The molecule has 0 unspecified atom stereocenters. The number of rotatable bonds is 6. The first-order chi connectivity index (χ1) is 12.0. The average Bonchev–Trinajstić information content (AvgIpc) is 3.11. The van der Waals surface area contributed by atoms with Gasteiger partial charge in [-0.05, 0) is 26.3 Å². The minimum atomic E-state index is -0.0612. The summed E-state index contributed by atoms with van der Waals surface area (Å²) in [4.78, 5) is 18.7. The van der Waals surface area contributed by atoms with Crippen molar-refractivity contribution in [3.8, 4) is 0 Å². The Labute approximate surface area is 146 Å². The molecule has 3 rings (SSSR count). The first kappa shape index (κ1) is 17.6. The normalized spacial score (nSPS) is 18.4. The van der Waals surface area contributed by atoms with Crippen LogP contribution >= 0.6 is 0 Å². The van der Waals surface area contributed by atoms with Crippen molar-refractivity contribution in [2.24, 2.45) is 7.05 Å². The molecule has 1 atom stereocenters. The molecule has 0 aliphatic carbocycles. The van der Waals surface area contributed by atoms with E-state index in [0.717, 1.165) is 31.6 Å². The molecule has 2 aromatic rings. The number of aryl methyl sites for hydroxylation is 3. The number of aromatic nitrogens is 4. The number of amides is 1. The van der Waals surface area contributed by atoms with Crippen LogP contribution in [0.5, 0.6) is 0 Å². The van der Waals surface area contributed by atoms with E-state index >= 15 is 0 Å². The van der Waals surface area contributed by atoms with Gasteiger partial charge in [0.05, 0.1) is 18.8 Å². The number of carbonyl (C=O) groups is 1. The minimum absolute atomic E-state index is 0.0612. The van der Waals surface area contributed by atoms with Gasteiger partial charge in [-0.2, -0.15) is 10.1 Å². The molecule has 1 saturated heterocycles. The summed E-state index contributed by atoms with van der Waals surface area (Å²) in [5.74, 6) is 1.95. The molecule has 25 heavy (non-hydrogen) atoms. The number of carbonyl (C=O) groups excluding carboxylic acids is 1. The van der Waals surface area contributed by atoms with E-state index in [9.17, 15) is 4.79 Å². The lowest BCUT2D eigenvalue weighted by atomic mass is 10.1. The summed E-state index contributed by atoms with van der Waals surface area (Å²) in [5.41, 5.74) is 0.880. The van der Waals surface area contributed by atoms with E-state index in [1.54, 1.807) is 11.6 Å². The molecule has 0 saturated carbocycles. The standard InChI is InChI=1S/C16H25N7O2/c1-11-7-15(22(3)20-11)19-16(24)8-17-13-5-4-6-23(9-13)10-14-18-12(2)25-21-14/h7,13,17H,4-6,8-10H2,1-3H3,(H,19,24)/t13-/m1/s1. The lowest BCUT2D eigenvalue weighted by Crippen LogP contribution is -2.47. The summed E-state index contributed by atoms with van der Waals surface area (Å²) in [6.07, 6.45) is 2.14. The van der Waals surface area contributed by atoms with E-state index in [0.29, 0.717) is 24.1 Å². The fraction of sp³-hybridized carbons (Fsp3) is 0.625. The van der Waals surface area contributed by atoms with Crippen molar-refractivity contribution in [2.45, 2.75) is 39.3 Å². The average molecular weight is 347 g/mol. The molecule has 136 valence electrons. The summed E-state index contributed by atoms with van der Waals surface area (Å²) in [7, 11) is 1.81. The van der Waals surface area contributed by atoms with Crippen LogP contribution in [0.15, 0.2) is 10.6 Å². The number of nitrogens with zero attached hydrogens (tertiary/aromatic N) is 5. The zero-order valence-electron chi connectivity index (χ0n) is 14.9. The van der Waals surface area contributed by atoms with Gasteiger partial charge in [0.15, 0.2) is 5.82 Å². The second kappa shape index (κ2) is 7.75. The maximum Gasteiger partial charge on any atom is 0.239 e. The summed E-state index contributed by atoms with van der Waals surface area (Å²) in [5, 5.41) is 14.4. The molecule has 0 bridgehead atoms. The van der Waals surface area contributed by atoms with Gasteiger partial charge in [0, 0.05) is 32.6 Å². The third-order valence-corrected chi connectivity index (χ3v) is 4.26. The molecule has 9 nitrogen and oxygen atoms in total. The number of piperidine rings is 1. The number of anilines is 1. The smallest absolute Gasteiger partial charge is 0.239 e. The summed E-state index contributed by atoms with van der Waals surface area (Å²) >= 11 is 0. The van der Waals surface area contributed by atoms with Crippen molar-refractivity contribution in [3.63, 3.8) is 0 Å². The highest BCUT2D eigenvalue weighted by Crippen LogP contribution is 2.13. The Hall–Kier alpha value is -2.26. The van der Waals surface area contributed by atoms with Crippen molar-refractivity contribution in [3.05, 3.63) is 23.5 Å². The Bertz CT molecular complexity index is 724. The Kier molecular flexibility index (Phi) is 5.44. The van der Waals surface area contributed by atoms with Gasteiger partial charge in [-0.25, -0.2) is 0 Å². The van der Waals surface area contributed by atoms with Crippen LogP contribution < -0.4 is 10.6 Å². The minimum Gasteiger partial charge on any atom is -0.340 e. The number of likely N-dealkylation sites (tertiary alicyclic amines) is 1. The predicted octanol–water partition coefficient (Wildman–Crippen LogP) is 0.613. The Morgan fingerprint density at radius 3 is 2.96 bits per heavy atom. The first-order valence-corrected chi connectivity index (χ1v) is 8.55. The molecule has 1 aliphatic rings. The lowest BCUT2D eigenvalue weighted by Gasteiger charge is -2.32. The highest BCUT2D eigenvalue weighted by Gasteiger charge is 2.21. The maximum atomic E-state index is 12.1. The van der Waals surface area contributed by atoms with Gasteiger partial charge in [-0.1, -0.05) is 5.16 Å². The van der Waals surface area contributed by atoms with E-state index in [2.05, 4.69) is 30.8 Å². The number of nitrogens with one attached hydrogen (secondary N) is 2. The fourth-order valence-corrected chi connectivity index (χ4v) is 3.12. The Balaban J connectivity index is 1.44. The zero-order chi connectivity index (χ0) is 17.8. The van der Waals surface area contributed by atoms with Gasteiger partial charge in [0.1, 0.15) is 5.82 Å². The monoisotopic (exact) mass is 347 g/mol. The van der Waals surface area contributed by atoms with Crippen molar-refractivity contribution in [1.82, 2.24) is 30.1 Å². The lowest BCUT2D eigenvalue weighted by molar-refractivity contribution is -0.115. The van der Waals surface area contributed by atoms with Crippen molar-refractivity contribution in [2.75, 3.05) is 25.0 Å². The van der Waals surface area contributed by atoms with Gasteiger partial charge >= 0.3 is 0 Å². The summed E-state index contributed by atoms with van der Waals surface area (Å²) in [6, 6.07) is 2.13. The molecule has 9 heteroatoms. The van der Waals surface area contributed by atoms with E-state index in [-0.39, 0.29) is 18.5 Å². The van der Waals surface area contributed by atoms with Crippen molar-refractivity contribution >= 4 is 11.7 Å². The molecule has 0 aromatic carbocycles. The first-order valence-electron chi connectivity index (χ1n) is 8.55. The highest BCUT2D eigenvalue weighted by atomic mass is 16.5. The van der Waals surface area contributed by atoms with Crippen LogP contribution in [0.1, 0.15) is 30.3 Å². The molecule has 0 radical (unpaired) electrons. The Morgan fingerprint density at radius 1 is 1.44 bits per heavy atom. The topological polar surface area (TPSA) is 101 Å². The van der Waals surface area contributed by atoms with Gasteiger partial charge in [-0.15, -0.1) is 0 Å². The molecule has 0 spiro atoms. The third kappa shape index (κ3) is 4.86.